The van der Waals surface area contributed by atoms with Crippen LogP contribution >= 0.6 is 11.3 Å². The van der Waals surface area contributed by atoms with Crippen LogP contribution in [0.5, 0.6) is 0 Å². The number of anilines is 1. The minimum absolute atomic E-state index is 0.0371. The predicted molar refractivity (Wildman–Crippen MR) is 126 cm³/mol. The van der Waals surface area contributed by atoms with Crippen molar-refractivity contribution >= 4 is 28.8 Å². The van der Waals surface area contributed by atoms with Crippen LogP contribution < -0.4 is 4.90 Å². The lowest BCUT2D eigenvalue weighted by Gasteiger charge is -2.34. The van der Waals surface area contributed by atoms with Crippen molar-refractivity contribution in [2.24, 2.45) is 0 Å². The second-order valence-electron chi connectivity index (χ2n) is 8.43. The first kappa shape index (κ1) is 21.8. The Bertz CT molecular complexity index is 1110. The van der Waals surface area contributed by atoms with E-state index in [1.54, 1.807) is 16.2 Å². The largest absolute Gasteiger partial charge is 0.339 e. The normalized spacial score (nSPS) is 17.2. The van der Waals surface area contributed by atoms with Gasteiger partial charge in [-0.05, 0) is 49.0 Å². The van der Waals surface area contributed by atoms with Crippen LogP contribution in [0.4, 0.5) is 5.69 Å². The summed E-state index contributed by atoms with van der Waals surface area (Å²) in [6.07, 6.45) is 3.15. The van der Waals surface area contributed by atoms with Gasteiger partial charge in [-0.2, -0.15) is 4.98 Å². The minimum atomic E-state index is 0.0371. The molecule has 0 N–H and O–H groups in total. The van der Waals surface area contributed by atoms with Crippen molar-refractivity contribution in [2.45, 2.75) is 25.7 Å². The van der Waals surface area contributed by atoms with E-state index in [0.29, 0.717) is 36.8 Å². The lowest BCUT2D eigenvalue weighted by Crippen LogP contribution is -2.48. The van der Waals surface area contributed by atoms with Gasteiger partial charge in [-0.3, -0.25) is 14.5 Å². The fourth-order valence-corrected chi connectivity index (χ4v) is 5.05. The van der Waals surface area contributed by atoms with Gasteiger partial charge in [0.1, 0.15) is 0 Å². The van der Waals surface area contributed by atoms with Crippen LogP contribution in [0.2, 0.25) is 0 Å². The number of piperazine rings is 1. The molecule has 2 saturated heterocycles. The molecular formula is C24H27N5O3S. The van der Waals surface area contributed by atoms with E-state index in [9.17, 15) is 9.59 Å². The van der Waals surface area contributed by atoms with Crippen LogP contribution in [-0.4, -0.2) is 71.0 Å². The minimum Gasteiger partial charge on any atom is -0.339 e. The third-order valence-corrected chi connectivity index (χ3v) is 7.08. The van der Waals surface area contributed by atoms with Crippen molar-refractivity contribution < 1.29 is 14.1 Å². The van der Waals surface area contributed by atoms with Gasteiger partial charge in [0.15, 0.2) is 0 Å². The van der Waals surface area contributed by atoms with Crippen LogP contribution in [0, 0.1) is 0 Å². The zero-order valence-corrected chi connectivity index (χ0v) is 19.3. The van der Waals surface area contributed by atoms with Gasteiger partial charge in [0.25, 0.3) is 5.91 Å². The summed E-state index contributed by atoms with van der Waals surface area (Å²) in [5, 5.41) is 6.06. The molecule has 0 bridgehead atoms. The Labute approximate surface area is 196 Å². The molecule has 8 nitrogen and oxygen atoms in total. The number of nitrogens with zero attached hydrogens (tertiary/aromatic N) is 5. The van der Waals surface area contributed by atoms with Crippen molar-refractivity contribution in [2.75, 3.05) is 44.2 Å². The number of benzene rings is 1. The first-order valence-electron chi connectivity index (χ1n) is 11.5. The monoisotopic (exact) mass is 465 g/mol. The number of hydrogen-bond donors (Lipinski definition) is 0. The first-order chi connectivity index (χ1) is 16.2. The molecule has 0 spiro atoms. The summed E-state index contributed by atoms with van der Waals surface area (Å²) in [7, 11) is 0. The van der Waals surface area contributed by atoms with Gasteiger partial charge in [-0.1, -0.05) is 17.3 Å². The Morgan fingerprint density at radius 3 is 2.73 bits per heavy atom. The van der Waals surface area contributed by atoms with Crippen molar-refractivity contribution in [1.29, 1.82) is 0 Å². The molecule has 3 aromatic rings. The van der Waals surface area contributed by atoms with Gasteiger partial charge in [-0.25, -0.2) is 0 Å². The molecule has 2 aromatic heterocycles. The third-order valence-electron chi connectivity index (χ3n) is 6.21. The van der Waals surface area contributed by atoms with E-state index in [1.807, 2.05) is 46.7 Å². The van der Waals surface area contributed by atoms with Crippen LogP contribution in [0.1, 0.15) is 35.5 Å². The molecule has 2 amide bonds. The van der Waals surface area contributed by atoms with E-state index >= 15 is 0 Å². The summed E-state index contributed by atoms with van der Waals surface area (Å²) in [5.41, 5.74) is 1.48. The quantitative estimate of drug-likeness (QED) is 0.532. The smallest absolute Gasteiger partial charge is 0.254 e. The second kappa shape index (κ2) is 9.84. The number of rotatable bonds is 7. The van der Waals surface area contributed by atoms with Crippen LogP contribution in [0.15, 0.2) is 46.3 Å². The van der Waals surface area contributed by atoms with Crippen molar-refractivity contribution in [1.82, 2.24) is 19.9 Å². The Kier molecular flexibility index (Phi) is 6.50. The second-order valence-corrected chi connectivity index (χ2v) is 9.37. The van der Waals surface area contributed by atoms with Gasteiger partial charge in [0.2, 0.25) is 17.6 Å². The summed E-state index contributed by atoms with van der Waals surface area (Å²) in [4.78, 5) is 36.6. The highest BCUT2D eigenvalue weighted by Crippen LogP contribution is 2.24. The fraction of sp³-hybridized carbons (Fsp3) is 0.417. The number of carbonyl (C=O) groups is 2. The molecule has 4 heterocycles. The molecule has 0 aliphatic carbocycles. The number of aromatic nitrogens is 2. The summed E-state index contributed by atoms with van der Waals surface area (Å²) >= 11 is 1.60. The van der Waals surface area contributed by atoms with E-state index in [2.05, 4.69) is 15.0 Å². The number of aryl methyl sites for hydroxylation is 1. The lowest BCUT2D eigenvalue weighted by molar-refractivity contribution is -0.117. The maximum Gasteiger partial charge on any atom is 0.254 e. The molecule has 0 unspecified atom stereocenters. The van der Waals surface area contributed by atoms with Crippen molar-refractivity contribution in [3.63, 3.8) is 0 Å². The Morgan fingerprint density at radius 2 is 1.97 bits per heavy atom. The highest BCUT2D eigenvalue weighted by Gasteiger charge is 2.25. The summed E-state index contributed by atoms with van der Waals surface area (Å²) in [6.45, 7) is 4.77. The zero-order valence-electron chi connectivity index (χ0n) is 18.5. The topological polar surface area (TPSA) is 82.8 Å². The van der Waals surface area contributed by atoms with E-state index in [0.717, 1.165) is 56.0 Å². The van der Waals surface area contributed by atoms with Gasteiger partial charge < -0.3 is 14.3 Å². The molecule has 2 aliphatic rings. The standard InChI is InChI=1S/C24H27N5O3S/c30-22-9-3-11-29(22)19-6-1-5-18(17-19)24(31)28-14-12-27(13-15-28)10-2-8-21-25-23(26-32-21)20-7-4-16-33-20/h1,4-7,16-17H,2-3,8-15H2. The maximum absolute atomic E-state index is 13.0. The van der Waals surface area contributed by atoms with E-state index in [1.165, 1.54) is 0 Å². The molecule has 0 saturated carbocycles. The molecule has 0 radical (unpaired) electrons. The van der Waals surface area contributed by atoms with Crippen LogP contribution in [-0.2, 0) is 11.2 Å². The number of thiophene rings is 1. The molecule has 1 aromatic carbocycles. The highest BCUT2D eigenvalue weighted by molar-refractivity contribution is 7.13. The van der Waals surface area contributed by atoms with E-state index in [4.69, 9.17) is 4.52 Å². The Balaban J connectivity index is 1.09. The average Bonchev–Trinajstić information content (AvgIpc) is 3.61. The van der Waals surface area contributed by atoms with Crippen molar-refractivity contribution in [3.8, 4) is 10.7 Å². The van der Waals surface area contributed by atoms with Crippen LogP contribution in [0.3, 0.4) is 0 Å². The number of hydrogen-bond acceptors (Lipinski definition) is 7. The molecule has 33 heavy (non-hydrogen) atoms. The number of carbonyl (C=O) groups excluding carboxylic acids is 2. The number of amides is 2. The van der Waals surface area contributed by atoms with Gasteiger partial charge in [0.05, 0.1) is 4.88 Å². The Morgan fingerprint density at radius 1 is 1.09 bits per heavy atom. The molecule has 0 atom stereocenters. The average molecular weight is 466 g/mol. The predicted octanol–water partition coefficient (Wildman–Crippen LogP) is 3.32. The maximum atomic E-state index is 13.0. The lowest BCUT2D eigenvalue weighted by atomic mass is 10.1. The van der Waals surface area contributed by atoms with Crippen molar-refractivity contribution in [3.05, 3.63) is 53.2 Å². The Hall–Kier alpha value is -3.04. The summed E-state index contributed by atoms with van der Waals surface area (Å²) in [5.74, 6) is 1.50. The molecule has 2 fully saturated rings. The SMILES string of the molecule is O=C(c1cccc(N2CCCC2=O)c1)N1CCN(CCCc2nc(-c3cccs3)no2)CC1. The summed E-state index contributed by atoms with van der Waals surface area (Å²) in [6, 6.07) is 11.4. The van der Waals surface area contributed by atoms with E-state index in [-0.39, 0.29) is 11.8 Å². The van der Waals surface area contributed by atoms with E-state index < -0.39 is 0 Å². The summed E-state index contributed by atoms with van der Waals surface area (Å²) < 4.78 is 5.38. The molecule has 5 rings (SSSR count). The van der Waals surface area contributed by atoms with Gasteiger partial charge in [-0.15, -0.1) is 11.3 Å². The van der Waals surface area contributed by atoms with Gasteiger partial charge >= 0.3 is 0 Å². The fourth-order valence-electron chi connectivity index (χ4n) is 4.40. The first-order valence-corrected chi connectivity index (χ1v) is 12.3. The zero-order chi connectivity index (χ0) is 22.6. The van der Waals surface area contributed by atoms with Gasteiger partial charge in [0, 0.05) is 56.8 Å². The molecule has 172 valence electrons. The third kappa shape index (κ3) is 4.99. The molecular weight excluding hydrogens is 438 g/mol. The molecule has 9 heteroatoms. The molecule has 2 aliphatic heterocycles. The van der Waals surface area contributed by atoms with Crippen LogP contribution in [0.25, 0.3) is 10.7 Å². The highest BCUT2D eigenvalue weighted by atomic mass is 32.1.